The van der Waals surface area contributed by atoms with Crippen LogP contribution in [0.2, 0.25) is 0 Å². The average molecular weight is 446 g/mol. The van der Waals surface area contributed by atoms with Crippen LogP contribution in [0, 0.1) is 5.82 Å². The van der Waals surface area contributed by atoms with Crippen molar-refractivity contribution in [3.63, 3.8) is 0 Å². The Hall–Kier alpha value is -2.78. The molecule has 2 aromatic carbocycles. The Morgan fingerprint density at radius 2 is 1.94 bits per heavy atom. The van der Waals surface area contributed by atoms with Gasteiger partial charge in [0, 0.05) is 37.4 Å². The van der Waals surface area contributed by atoms with E-state index in [0.29, 0.717) is 43.0 Å². The number of hydrogen-bond acceptors (Lipinski definition) is 4. The molecule has 0 aromatic heterocycles. The topological polar surface area (TPSA) is 86.8 Å². The van der Waals surface area contributed by atoms with E-state index in [0.717, 1.165) is 5.56 Å². The minimum Gasteiger partial charge on any atom is -0.326 e. The Bertz CT molecular complexity index is 1160. The molecule has 2 aliphatic heterocycles. The number of carbonyl (C=O) groups is 2. The van der Waals surface area contributed by atoms with Gasteiger partial charge in [-0.15, -0.1) is 0 Å². The molecule has 2 aliphatic rings. The molecule has 9 heteroatoms. The summed E-state index contributed by atoms with van der Waals surface area (Å²) in [5.74, 6) is -1.78. The number of benzene rings is 2. The number of halogens is 1. The first-order chi connectivity index (χ1) is 14.8. The summed E-state index contributed by atoms with van der Waals surface area (Å²) in [6, 6.07) is 8.84. The van der Waals surface area contributed by atoms with Crippen LogP contribution < -0.4 is 10.2 Å². The molecule has 7 nitrogen and oxygen atoms in total. The normalized spacial score (nSPS) is 18.0. The van der Waals surface area contributed by atoms with E-state index < -0.39 is 21.8 Å². The lowest BCUT2D eigenvalue weighted by Crippen LogP contribution is -2.37. The standard InChI is InChI=1S/C22H24FN3O4S/c1-3-25(4-2)31(29,30)16-6-8-20-14(11-16)9-10-26(20)22(28)18-13-21(27)24-19-12-15(23)5-7-17(18)19/h5-8,11-12,18H,3-4,9-10,13H2,1-2H3,(H,24,27). The van der Waals surface area contributed by atoms with Gasteiger partial charge in [-0.05, 0) is 47.9 Å². The Labute approximate surface area is 180 Å². The van der Waals surface area contributed by atoms with Crippen LogP contribution >= 0.6 is 0 Å². The molecular weight excluding hydrogens is 421 g/mol. The summed E-state index contributed by atoms with van der Waals surface area (Å²) in [5, 5.41) is 2.62. The molecule has 2 aromatic rings. The second-order valence-electron chi connectivity index (χ2n) is 7.66. The first kappa shape index (κ1) is 21.5. The van der Waals surface area contributed by atoms with Gasteiger partial charge in [0.25, 0.3) is 0 Å². The van der Waals surface area contributed by atoms with E-state index >= 15 is 0 Å². The number of fused-ring (bicyclic) bond motifs is 2. The van der Waals surface area contributed by atoms with E-state index in [-0.39, 0.29) is 23.1 Å². The van der Waals surface area contributed by atoms with Crippen molar-refractivity contribution in [2.75, 3.05) is 29.9 Å². The molecule has 1 atom stereocenters. The van der Waals surface area contributed by atoms with Gasteiger partial charge in [0.15, 0.2) is 0 Å². The first-order valence-corrected chi connectivity index (χ1v) is 11.7. The molecule has 0 saturated carbocycles. The van der Waals surface area contributed by atoms with Crippen LogP contribution in [0.25, 0.3) is 0 Å². The lowest BCUT2D eigenvalue weighted by Gasteiger charge is -2.29. The van der Waals surface area contributed by atoms with Crippen molar-refractivity contribution in [3.05, 3.63) is 53.3 Å². The molecule has 31 heavy (non-hydrogen) atoms. The third kappa shape index (κ3) is 3.72. The summed E-state index contributed by atoms with van der Waals surface area (Å²) >= 11 is 0. The van der Waals surface area contributed by atoms with Crippen LogP contribution in [0.4, 0.5) is 15.8 Å². The Morgan fingerprint density at radius 1 is 1.19 bits per heavy atom. The van der Waals surface area contributed by atoms with Crippen LogP contribution in [-0.2, 0) is 26.0 Å². The van der Waals surface area contributed by atoms with Crippen LogP contribution in [0.5, 0.6) is 0 Å². The van der Waals surface area contributed by atoms with Crippen LogP contribution in [-0.4, -0.2) is 44.2 Å². The van der Waals surface area contributed by atoms with E-state index in [2.05, 4.69) is 5.32 Å². The van der Waals surface area contributed by atoms with E-state index in [1.165, 1.54) is 28.6 Å². The van der Waals surface area contributed by atoms with E-state index in [4.69, 9.17) is 0 Å². The summed E-state index contributed by atoms with van der Waals surface area (Å²) in [7, 11) is -3.59. The number of rotatable bonds is 5. The number of sulfonamides is 1. The van der Waals surface area contributed by atoms with E-state index in [1.54, 1.807) is 30.9 Å². The summed E-state index contributed by atoms with van der Waals surface area (Å²) < 4.78 is 40.6. The van der Waals surface area contributed by atoms with Crippen molar-refractivity contribution in [1.29, 1.82) is 0 Å². The van der Waals surface area contributed by atoms with Gasteiger partial charge in [0.2, 0.25) is 21.8 Å². The molecule has 0 fully saturated rings. The van der Waals surface area contributed by atoms with Crippen molar-refractivity contribution in [1.82, 2.24) is 4.31 Å². The van der Waals surface area contributed by atoms with Gasteiger partial charge in [-0.2, -0.15) is 4.31 Å². The molecule has 0 radical (unpaired) electrons. The number of anilines is 2. The molecule has 2 amide bonds. The highest BCUT2D eigenvalue weighted by Crippen LogP contribution is 2.38. The number of amides is 2. The van der Waals surface area contributed by atoms with Gasteiger partial charge in [-0.25, -0.2) is 12.8 Å². The number of carbonyl (C=O) groups excluding carboxylic acids is 2. The molecule has 0 spiro atoms. The van der Waals surface area contributed by atoms with E-state index in [9.17, 15) is 22.4 Å². The second kappa shape index (κ2) is 8.05. The summed E-state index contributed by atoms with van der Waals surface area (Å²) in [4.78, 5) is 27.3. The highest BCUT2D eigenvalue weighted by atomic mass is 32.2. The molecule has 1 N–H and O–H groups in total. The summed E-state index contributed by atoms with van der Waals surface area (Å²) in [6.07, 6.45) is 0.510. The maximum Gasteiger partial charge on any atom is 0.243 e. The van der Waals surface area contributed by atoms with Gasteiger partial charge < -0.3 is 10.2 Å². The fourth-order valence-corrected chi connectivity index (χ4v) is 5.83. The lowest BCUT2D eigenvalue weighted by molar-refractivity contribution is -0.124. The lowest BCUT2D eigenvalue weighted by atomic mass is 9.89. The molecule has 0 aliphatic carbocycles. The number of nitrogens with zero attached hydrogens (tertiary/aromatic N) is 2. The fourth-order valence-electron chi connectivity index (χ4n) is 4.33. The molecule has 2 heterocycles. The van der Waals surface area contributed by atoms with Gasteiger partial charge >= 0.3 is 0 Å². The third-order valence-electron chi connectivity index (χ3n) is 5.91. The number of hydrogen-bond donors (Lipinski definition) is 1. The zero-order valence-corrected chi connectivity index (χ0v) is 18.2. The molecule has 0 bridgehead atoms. The zero-order chi connectivity index (χ0) is 22.3. The SMILES string of the molecule is CCN(CC)S(=O)(=O)c1ccc2c(c1)CCN2C(=O)C1CC(=O)Nc2cc(F)ccc21. The minimum absolute atomic E-state index is 0.0161. The second-order valence-corrected chi connectivity index (χ2v) is 9.59. The maximum atomic E-state index is 13.6. The van der Waals surface area contributed by atoms with Gasteiger partial charge in [-0.1, -0.05) is 19.9 Å². The smallest absolute Gasteiger partial charge is 0.243 e. The Balaban J connectivity index is 1.65. The van der Waals surface area contributed by atoms with Crippen molar-refractivity contribution in [2.24, 2.45) is 0 Å². The largest absolute Gasteiger partial charge is 0.326 e. The first-order valence-electron chi connectivity index (χ1n) is 10.3. The summed E-state index contributed by atoms with van der Waals surface area (Å²) in [5.41, 5.74) is 2.33. The van der Waals surface area contributed by atoms with Gasteiger partial charge in [0.05, 0.1) is 10.8 Å². The quantitative estimate of drug-likeness (QED) is 0.767. The monoisotopic (exact) mass is 445 g/mol. The average Bonchev–Trinajstić information content (AvgIpc) is 3.16. The molecular formula is C22H24FN3O4S. The maximum absolute atomic E-state index is 13.6. The highest BCUT2D eigenvalue weighted by molar-refractivity contribution is 7.89. The zero-order valence-electron chi connectivity index (χ0n) is 17.4. The van der Waals surface area contributed by atoms with Crippen LogP contribution in [0.3, 0.4) is 0 Å². The van der Waals surface area contributed by atoms with Gasteiger partial charge in [-0.3, -0.25) is 9.59 Å². The van der Waals surface area contributed by atoms with Gasteiger partial charge in [0.1, 0.15) is 5.82 Å². The van der Waals surface area contributed by atoms with Crippen LogP contribution in [0.15, 0.2) is 41.3 Å². The summed E-state index contributed by atoms with van der Waals surface area (Å²) in [6.45, 7) is 4.74. The molecule has 4 rings (SSSR count). The number of nitrogens with one attached hydrogen (secondary N) is 1. The Kier molecular flexibility index (Phi) is 5.57. The van der Waals surface area contributed by atoms with Crippen LogP contribution in [0.1, 0.15) is 37.3 Å². The molecule has 1 unspecified atom stereocenters. The predicted octanol–water partition coefficient (Wildman–Crippen LogP) is 2.87. The predicted molar refractivity (Wildman–Crippen MR) is 115 cm³/mol. The third-order valence-corrected chi connectivity index (χ3v) is 7.95. The molecule has 164 valence electrons. The van der Waals surface area contributed by atoms with Crippen molar-refractivity contribution in [2.45, 2.75) is 37.5 Å². The van der Waals surface area contributed by atoms with E-state index in [1.807, 2.05) is 0 Å². The highest BCUT2D eigenvalue weighted by Gasteiger charge is 2.37. The van der Waals surface area contributed by atoms with Crippen molar-refractivity contribution >= 4 is 33.2 Å². The van der Waals surface area contributed by atoms with Crippen molar-refractivity contribution < 1.29 is 22.4 Å². The fraction of sp³-hybridized carbons (Fsp3) is 0.364. The van der Waals surface area contributed by atoms with Crippen molar-refractivity contribution in [3.8, 4) is 0 Å². The Morgan fingerprint density at radius 3 is 2.65 bits per heavy atom. The molecule has 0 saturated heterocycles. The minimum atomic E-state index is -3.59.